The van der Waals surface area contributed by atoms with Gasteiger partial charge in [0.05, 0.1) is 0 Å². The van der Waals surface area contributed by atoms with Gasteiger partial charge in [-0.3, -0.25) is 0 Å². The molecule has 0 unspecified atom stereocenters. The second-order valence-electron chi connectivity index (χ2n) is 5.03. The van der Waals surface area contributed by atoms with E-state index in [9.17, 15) is 4.39 Å². The van der Waals surface area contributed by atoms with Gasteiger partial charge in [-0.1, -0.05) is 18.2 Å². The van der Waals surface area contributed by atoms with Gasteiger partial charge in [-0.25, -0.2) is 4.39 Å². The Hall–Kier alpha value is -2.92. The van der Waals surface area contributed by atoms with E-state index in [4.69, 9.17) is 17.0 Å². The smallest absolute Gasteiger partial charge is 0.175 e. The van der Waals surface area contributed by atoms with Crippen LogP contribution in [-0.2, 0) is 0 Å². The van der Waals surface area contributed by atoms with Crippen LogP contribution in [0, 0.1) is 5.82 Å². The fourth-order valence-corrected chi connectivity index (χ4v) is 2.29. The van der Waals surface area contributed by atoms with Crippen molar-refractivity contribution in [3.63, 3.8) is 0 Å². The minimum atomic E-state index is -0.284. The molecule has 0 heterocycles. The summed E-state index contributed by atoms with van der Waals surface area (Å²) in [6.45, 7) is 0. The predicted molar refractivity (Wildman–Crippen MR) is 99.2 cm³/mol. The van der Waals surface area contributed by atoms with E-state index in [0.717, 1.165) is 22.9 Å². The Bertz CT molecular complexity index is 805. The van der Waals surface area contributed by atoms with Gasteiger partial charge in [0.25, 0.3) is 0 Å². The van der Waals surface area contributed by atoms with Gasteiger partial charge in [-0.05, 0) is 72.9 Å². The lowest BCUT2D eigenvalue weighted by Crippen LogP contribution is -2.18. The fraction of sp³-hybridized carbons (Fsp3) is 0. The van der Waals surface area contributed by atoms with Gasteiger partial charge in [0, 0.05) is 11.4 Å². The zero-order valence-electron chi connectivity index (χ0n) is 12.7. The summed E-state index contributed by atoms with van der Waals surface area (Å²) < 4.78 is 18.6. The van der Waals surface area contributed by atoms with Crippen molar-refractivity contribution in [2.75, 3.05) is 10.6 Å². The fourth-order valence-electron chi connectivity index (χ4n) is 2.06. The Kier molecular flexibility index (Phi) is 5.03. The topological polar surface area (TPSA) is 33.3 Å². The molecule has 0 fully saturated rings. The first-order chi connectivity index (χ1) is 11.7. The standard InChI is InChI=1S/C19H15FN2OS/c20-14-6-8-15(9-7-14)21-19(24)22-16-10-12-18(13-11-16)23-17-4-2-1-3-5-17/h1-13H,(H2,21,22,24). The van der Waals surface area contributed by atoms with Crippen LogP contribution in [0.15, 0.2) is 78.9 Å². The Morgan fingerprint density at radius 1 is 0.708 bits per heavy atom. The molecule has 5 heteroatoms. The third-order valence-corrected chi connectivity index (χ3v) is 3.40. The van der Waals surface area contributed by atoms with Crippen molar-refractivity contribution in [1.29, 1.82) is 0 Å². The van der Waals surface area contributed by atoms with E-state index in [1.165, 1.54) is 12.1 Å². The van der Waals surface area contributed by atoms with Crippen LogP contribution in [0.1, 0.15) is 0 Å². The lowest BCUT2D eigenvalue weighted by molar-refractivity contribution is 0.483. The van der Waals surface area contributed by atoms with Gasteiger partial charge in [-0.15, -0.1) is 0 Å². The van der Waals surface area contributed by atoms with Crippen LogP contribution in [0.4, 0.5) is 15.8 Å². The van der Waals surface area contributed by atoms with Crippen molar-refractivity contribution in [2.24, 2.45) is 0 Å². The van der Waals surface area contributed by atoms with Crippen LogP contribution in [0.25, 0.3) is 0 Å². The SMILES string of the molecule is Fc1ccc(NC(=S)Nc2ccc(Oc3ccccc3)cc2)cc1. The van der Waals surface area contributed by atoms with Crippen LogP contribution in [0.2, 0.25) is 0 Å². The molecule has 0 radical (unpaired) electrons. The maximum Gasteiger partial charge on any atom is 0.175 e. The van der Waals surface area contributed by atoms with E-state index >= 15 is 0 Å². The van der Waals surface area contributed by atoms with Gasteiger partial charge in [0.15, 0.2) is 5.11 Å². The minimum absolute atomic E-state index is 0.284. The maximum atomic E-state index is 12.9. The van der Waals surface area contributed by atoms with Gasteiger partial charge < -0.3 is 15.4 Å². The highest BCUT2D eigenvalue weighted by Crippen LogP contribution is 2.22. The molecule has 3 rings (SSSR count). The van der Waals surface area contributed by atoms with E-state index in [-0.39, 0.29) is 5.82 Å². The van der Waals surface area contributed by atoms with E-state index < -0.39 is 0 Å². The molecule has 0 aliphatic heterocycles. The molecule has 3 aromatic rings. The zero-order chi connectivity index (χ0) is 16.8. The summed E-state index contributed by atoms with van der Waals surface area (Å²) in [6.07, 6.45) is 0. The lowest BCUT2D eigenvalue weighted by Gasteiger charge is -2.11. The summed E-state index contributed by atoms with van der Waals surface area (Å²) in [6, 6.07) is 23.0. The third-order valence-electron chi connectivity index (χ3n) is 3.19. The van der Waals surface area contributed by atoms with Gasteiger partial charge in [0.2, 0.25) is 0 Å². The molecule has 120 valence electrons. The monoisotopic (exact) mass is 338 g/mol. The first-order valence-electron chi connectivity index (χ1n) is 7.35. The normalized spacial score (nSPS) is 10.0. The van der Waals surface area contributed by atoms with Crippen LogP contribution in [-0.4, -0.2) is 5.11 Å². The zero-order valence-corrected chi connectivity index (χ0v) is 13.5. The predicted octanol–water partition coefficient (Wildman–Crippen LogP) is 5.43. The van der Waals surface area contributed by atoms with Gasteiger partial charge in [-0.2, -0.15) is 0 Å². The highest BCUT2D eigenvalue weighted by atomic mass is 32.1. The molecule has 2 N–H and O–H groups in total. The molecule has 3 aromatic carbocycles. The molecule has 0 aliphatic carbocycles. The Balaban J connectivity index is 1.57. The highest BCUT2D eigenvalue weighted by molar-refractivity contribution is 7.80. The number of benzene rings is 3. The van der Waals surface area contributed by atoms with Crippen molar-refractivity contribution < 1.29 is 9.13 Å². The molecule has 24 heavy (non-hydrogen) atoms. The minimum Gasteiger partial charge on any atom is -0.457 e. The number of rotatable bonds is 4. The van der Waals surface area contributed by atoms with Crippen molar-refractivity contribution in [3.8, 4) is 11.5 Å². The summed E-state index contributed by atoms with van der Waals surface area (Å²) in [5.74, 6) is 1.24. The highest BCUT2D eigenvalue weighted by Gasteiger charge is 2.01. The molecular weight excluding hydrogens is 323 g/mol. The van der Waals surface area contributed by atoms with Crippen LogP contribution < -0.4 is 15.4 Å². The summed E-state index contributed by atoms with van der Waals surface area (Å²) >= 11 is 5.24. The maximum absolute atomic E-state index is 12.9. The van der Waals surface area contributed by atoms with E-state index in [0.29, 0.717) is 5.11 Å². The number of anilines is 2. The summed E-state index contributed by atoms with van der Waals surface area (Å²) in [4.78, 5) is 0. The number of hydrogen-bond donors (Lipinski definition) is 2. The number of ether oxygens (including phenoxy) is 1. The summed E-state index contributed by atoms with van der Waals surface area (Å²) in [7, 11) is 0. The molecule has 0 bridgehead atoms. The van der Waals surface area contributed by atoms with E-state index in [2.05, 4.69) is 10.6 Å². The molecule has 0 aliphatic rings. The summed E-state index contributed by atoms with van der Waals surface area (Å²) in [5.41, 5.74) is 1.55. The molecule has 0 amide bonds. The Morgan fingerprint density at radius 2 is 1.21 bits per heavy atom. The van der Waals surface area contributed by atoms with Gasteiger partial charge >= 0.3 is 0 Å². The van der Waals surface area contributed by atoms with Crippen molar-refractivity contribution in [2.45, 2.75) is 0 Å². The molecular formula is C19H15FN2OS. The van der Waals surface area contributed by atoms with E-state index in [1.54, 1.807) is 12.1 Å². The van der Waals surface area contributed by atoms with E-state index in [1.807, 2.05) is 54.6 Å². The number of para-hydroxylation sites is 1. The molecule has 0 saturated heterocycles. The quantitative estimate of drug-likeness (QED) is 0.622. The van der Waals surface area contributed by atoms with Crippen molar-refractivity contribution in [1.82, 2.24) is 0 Å². The second-order valence-corrected chi connectivity index (χ2v) is 5.43. The Morgan fingerprint density at radius 3 is 1.79 bits per heavy atom. The van der Waals surface area contributed by atoms with Crippen molar-refractivity contribution >= 4 is 28.7 Å². The molecule has 0 saturated carbocycles. The second kappa shape index (κ2) is 7.57. The largest absolute Gasteiger partial charge is 0.457 e. The first-order valence-corrected chi connectivity index (χ1v) is 7.76. The lowest BCUT2D eigenvalue weighted by atomic mass is 10.3. The van der Waals surface area contributed by atoms with Crippen molar-refractivity contribution in [3.05, 3.63) is 84.7 Å². The molecule has 0 spiro atoms. The average Bonchev–Trinajstić information content (AvgIpc) is 2.60. The Labute approximate surface area is 145 Å². The third kappa shape index (κ3) is 4.54. The number of halogens is 1. The number of hydrogen-bond acceptors (Lipinski definition) is 2. The first kappa shape index (κ1) is 16.0. The molecule has 0 aromatic heterocycles. The van der Waals surface area contributed by atoms with Crippen LogP contribution in [0.5, 0.6) is 11.5 Å². The molecule has 0 atom stereocenters. The van der Waals surface area contributed by atoms with Gasteiger partial charge in [0.1, 0.15) is 17.3 Å². The van der Waals surface area contributed by atoms with Crippen LogP contribution >= 0.6 is 12.2 Å². The van der Waals surface area contributed by atoms with Crippen LogP contribution in [0.3, 0.4) is 0 Å². The number of nitrogens with one attached hydrogen (secondary N) is 2. The summed E-state index contributed by atoms with van der Waals surface area (Å²) in [5, 5.41) is 6.49. The average molecular weight is 338 g/mol. The number of thiocarbonyl (C=S) groups is 1. The molecule has 3 nitrogen and oxygen atoms in total.